The van der Waals surface area contributed by atoms with Crippen molar-refractivity contribution in [3.8, 4) is 0 Å². The van der Waals surface area contributed by atoms with E-state index in [1.54, 1.807) is 16.7 Å². The van der Waals surface area contributed by atoms with Crippen LogP contribution in [0.2, 0.25) is 0 Å². The van der Waals surface area contributed by atoms with E-state index in [4.69, 9.17) is 4.42 Å². The molecule has 7 heteroatoms. The van der Waals surface area contributed by atoms with Crippen LogP contribution < -0.4 is 5.56 Å². The van der Waals surface area contributed by atoms with Crippen LogP contribution >= 0.6 is 23.1 Å². The van der Waals surface area contributed by atoms with Gasteiger partial charge in [-0.3, -0.25) is 14.1 Å². The molecule has 0 radical (unpaired) electrons. The van der Waals surface area contributed by atoms with Gasteiger partial charge in [0.1, 0.15) is 11.5 Å². The topological polar surface area (TPSA) is 50.8 Å². The Morgan fingerprint density at radius 3 is 3.17 bits per heavy atom. The van der Waals surface area contributed by atoms with Crippen molar-refractivity contribution in [2.75, 3.05) is 18.1 Å². The standard InChI is InChI=1S/C16H17N3O2S2/c1-11-2-3-14(21-11)13-10-22-6-4-18(13)9-12-8-15(20)19-5-7-23-16(19)17-12/h2-3,5,7-8,13H,4,6,9-10H2,1H3/t13-/m1/s1. The van der Waals surface area contributed by atoms with Gasteiger partial charge in [-0.1, -0.05) is 0 Å². The summed E-state index contributed by atoms with van der Waals surface area (Å²) in [6.45, 7) is 3.62. The molecule has 0 unspecified atom stereocenters. The number of nitrogens with zero attached hydrogens (tertiary/aromatic N) is 3. The predicted molar refractivity (Wildman–Crippen MR) is 93.3 cm³/mol. The van der Waals surface area contributed by atoms with Gasteiger partial charge < -0.3 is 4.42 Å². The van der Waals surface area contributed by atoms with Crippen molar-refractivity contribution in [3.63, 3.8) is 0 Å². The molecule has 3 aromatic heterocycles. The van der Waals surface area contributed by atoms with Gasteiger partial charge in [0.25, 0.3) is 5.56 Å². The SMILES string of the molecule is Cc1ccc([C@H]2CSCCN2Cc2cc(=O)n3ccsc3n2)o1. The quantitative estimate of drug-likeness (QED) is 0.729. The second-order valence-corrected chi connectivity index (χ2v) is 7.67. The molecule has 1 aliphatic heterocycles. The zero-order chi connectivity index (χ0) is 15.8. The predicted octanol–water partition coefficient (Wildman–Crippen LogP) is 2.95. The largest absolute Gasteiger partial charge is 0.465 e. The first-order valence-corrected chi connectivity index (χ1v) is 9.58. The van der Waals surface area contributed by atoms with Crippen LogP contribution in [-0.4, -0.2) is 32.3 Å². The van der Waals surface area contributed by atoms with Gasteiger partial charge in [0.2, 0.25) is 0 Å². The van der Waals surface area contributed by atoms with E-state index in [-0.39, 0.29) is 11.6 Å². The highest BCUT2D eigenvalue weighted by molar-refractivity contribution is 7.99. The average molecular weight is 347 g/mol. The third-order valence-corrected chi connectivity index (χ3v) is 5.83. The lowest BCUT2D eigenvalue weighted by Crippen LogP contribution is -2.36. The number of aryl methyl sites for hydroxylation is 1. The van der Waals surface area contributed by atoms with E-state index < -0.39 is 0 Å². The molecule has 3 aromatic rings. The molecule has 5 nitrogen and oxygen atoms in total. The summed E-state index contributed by atoms with van der Waals surface area (Å²) in [6.07, 6.45) is 1.77. The first-order chi connectivity index (χ1) is 11.2. The summed E-state index contributed by atoms with van der Waals surface area (Å²) in [6, 6.07) is 5.95. The third kappa shape index (κ3) is 2.96. The van der Waals surface area contributed by atoms with Gasteiger partial charge in [0.15, 0.2) is 4.96 Å². The lowest BCUT2D eigenvalue weighted by molar-refractivity contribution is 0.185. The van der Waals surface area contributed by atoms with E-state index in [0.717, 1.165) is 40.2 Å². The molecule has 0 bridgehead atoms. The summed E-state index contributed by atoms with van der Waals surface area (Å²) >= 11 is 3.43. The fraction of sp³-hybridized carbons (Fsp3) is 0.375. The lowest BCUT2D eigenvalue weighted by Gasteiger charge is -2.33. The van der Waals surface area contributed by atoms with Crippen molar-refractivity contribution in [1.29, 1.82) is 0 Å². The first kappa shape index (κ1) is 15.0. The molecule has 1 saturated heterocycles. The van der Waals surface area contributed by atoms with Crippen LogP contribution in [0.25, 0.3) is 4.96 Å². The van der Waals surface area contributed by atoms with Crippen molar-refractivity contribution in [2.24, 2.45) is 0 Å². The number of aromatic nitrogens is 2. The second-order valence-electron chi connectivity index (χ2n) is 5.65. The maximum atomic E-state index is 12.1. The van der Waals surface area contributed by atoms with Gasteiger partial charge >= 0.3 is 0 Å². The highest BCUT2D eigenvalue weighted by Crippen LogP contribution is 2.31. The van der Waals surface area contributed by atoms with Crippen LogP contribution in [0.1, 0.15) is 23.3 Å². The monoisotopic (exact) mass is 347 g/mol. The van der Waals surface area contributed by atoms with Gasteiger partial charge in [0, 0.05) is 42.2 Å². The fourth-order valence-electron chi connectivity index (χ4n) is 2.90. The second kappa shape index (κ2) is 6.14. The Hall–Kier alpha value is -1.57. The van der Waals surface area contributed by atoms with E-state index in [2.05, 4.69) is 16.0 Å². The van der Waals surface area contributed by atoms with Gasteiger partial charge in [-0.2, -0.15) is 11.8 Å². The molecule has 0 aromatic carbocycles. The lowest BCUT2D eigenvalue weighted by atomic mass is 10.2. The van der Waals surface area contributed by atoms with E-state index in [0.29, 0.717) is 6.54 Å². The number of thiazole rings is 1. The van der Waals surface area contributed by atoms with Gasteiger partial charge in [-0.15, -0.1) is 11.3 Å². The van der Waals surface area contributed by atoms with Crippen molar-refractivity contribution in [2.45, 2.75) is 19.5 Å². The summed E-state index contributed by atoms with van der Waals surface area (Å²) in [5.74, 6) is 4.04. The van der Waals surface area contributed by atoms with Gasteiger partial charge in [-0.25, -0.2) is 4.98 Å². The number of thioether (sulfide) groups is 1. The Kier molecular flexibility index (Phi) is 4.00. The van der Waals surface area contributed by atoms with E-state index in [9.17, 15) is 4.79 Å². The number of furan rings is 1. The van der Waals surface area contributed by atoms with Crippen molar-refractivity contribution in [3.05, 3.63) is 57.3 Å². The summed E-state index contributed by atoms with van der Waals surface area (Å²) in [5.41, 5.74) is 0.820. The van der Waals surface area contributed by atoms with E-state index >= 15 is 0 Å². The van der Waals surface area contributed by atoms with Crippen LogP contribution in [0, 0.1) is 6.92 Å². The molecule has 0 N–H and O–H groups in total. The molecule has 4 heterocycles. The number of fused-ring (bicyclic) bond motifs is 1. The minimum Gasteiger partial charge on any atom is -0.465 e. The Morgan fingerprint density at radius 2 is 2.35 bits per heavy atom. The highest BCUT2D eigenvalue weighted by atomic mass is 32.2. The third-order valence-electron chi connectivity index (χ3n) is 4.05. The number of hydrogen-bond acceptors (Lipinski definition) is 6. The molecule has 120 valence electrons. The summed E-state index contributed by atoms with van der Waals surface area (Å²) in [4.78, 5) is 19.9. The molecule has 1 aliphatic rings. The normalized spacial score (nSPS) is 19.4. The molecule has 4 rings (SSSR count). The molecule has 0 saturated carbocycles. The Bertz CT molecular complexity index is 883. The summed E-state index contributed by atoms with van der Waals surface area (Å²) < 4.78 is 7.42. The zero-order valence-corrected chi connectivity index (χ0v) is 14.4. The molecule has 1 atom stereocenters. The van der Waals surface area contributed by atoms with Crippen LogP contribution in [0.15, 0.2) is 39.0 Å². The molecule has 0 aliphatic carbocycles. The van der Waals surface area contributed by atoms with Crippen molar-refractivity contribution in [1.82, 2.24) is 14.3 Å². The maximum Gasteiger partial charge on any atom is 0.258 e. The zero-order valence-electron chi connectivity index (χ0n) is 12.8. The average Bonchev–Trinajstić information content (AvgIpc) is 3.17. The van der Waals surface area contributed by atoms with E-state index in [1.165, 1.54) is 11.3 Å². The summed E-state index contributed by atoms with van der Waals surface area (Å²) in [5, 5.41) is 1.89. The Labute approximate surface area is 141 Å². The highest BCUT2D eigenvalue weighted by Gasteiger charge is 2.27. The van der Waals surface area contributed by atoms with Crippen molar-refractivity contribution < 1.29 is 4.42 Å². The molecule has 1 fully saturated rings. The van der Waals surface area contributed by atoms with Gasteiger partial charge in [0.05, 0.1) is 11.7 Å². The minimum atomic E-state index is -0.0111. The van der Waals surface area contributed by atoms with Crippen LogP contribution in [0.5, 0.6) is 0 Å². The van der Waals surface area contributed by atoms with Gasteiger partial charge in [-0.05, 0) is 19.1 Å². The van der Waals surface area contributed by atoms with Crippen LogP contribution in [-0.2, 0) is 6.54 Å². The molecule has 0 spiro atoms. The molecular formula is C16H17N3O2S2. The van der Waals surface area contributed by atoms with E-state index in [1.807, 2.05) is 30.1 Å². The van der Waals surface area contributed by atoms with Crippen LogP contribution in [0.3, 0.4) is 0 Å². The van der Waals surface area contributed by atoms with Crippen LogP contribution in [0.4, 0.5) is 0 Å². The Balaban J connectivity index is 1.63. The minimum absolute atomic E-state index is 0.0111. The fourth-order valence-corrected chi connectivity index (χ4v) is 4.77. The molecule has 0 amide bonds. The number of hydrogen-bond donors (Lipinski definition) is 0. The number of rotatable bonds is 3. The smallest absolute Gasteiger partial charge is 0.258 e. The molecule has 23 heavy (non-hydrogen) atoms. The maximum absolute atomic E-state index is 12.1. The summed E-state index contributed by atoms with van der Waals surface area (Å²) in [7, 11) is 0. The Morgan fingerprint density at radius 1 is 1.43 bits per heavy atom. The molecular weight excluding hydrogens is 330 g/mol. The van der Waals surface area contributed by atoms with Crippen molar-refractivity contribution >= 4 is 28.1 Å². The first-order valence-electron chi connectivity index (χ1n) is 7.54.